The lowest BCUT2D eigenvalue weighted by Gasteiger charge is -2.12. The van der Waals surface area contributed by atoms with Crippen molar-refractivity contribution >= 4 is 22.1 Å². The maximum atomic E-state index is 14.5. The summed E-state index contributed by atoms with van der Waals surface area (Å²) in [6.45, 7) is 1.17. The summed E-state index contributed by atoms with van der Waals surface area (Å²) in [6, 6.07) is 8.38. The van der Waals surface area contributed by atoms with Gasteiger partial charge in [0.15, 0.2) is 11.5 Å². The van der Waals surface area contributed by atoms with Gasteiger partial charge in [0, 0.05) is 47.7 Å². The second-order valence-corrected chi connectivity index (χ2v) is 8.78. The van der Waals surface area contributed by atoms with E-state index in [-0.39, 0.29) is 5.82 Å². The number of benzene rings is 1. The van der Waals surface area contributed by atoms with Crippen LogP contribution in [0.5, 0.6) is 5.75 Å². The fourth-order valence-corrected chi connectivity index (χ4v) is 4.09. The summed E-state index contributed by atoms with van der Waals surface area (Å²) in [5.41, 5.74) is 5.42. The van der Waals surface area contributed by atoms with Gasteiger partial charge >= 0.3 is 0 Å². The molecule has 0 saturated heterocycles. The first kappa shape index (κ1) is 22.7. The molecule has 0 unspecified atom stereocenters. The molecule has 2 N–H and O–H groups in total. The van der Waals surface area contributed by atoms with Crippen molar-refractivity contribution in [2.24, 2.45) is 0 Å². The minimum Gasteiger partial charge on any atom is -0.492 e. The van der Waals surface area contributed by atoms with E-state index in [0.717, 1.165) is 28.6 Å². The van der Waals surface area contributed by atoms with E-state index < -0.39 is 0 Å². The molecule has 0 bridgehead atoms. The molecule has 37 heavy (non-hydrogen) atoms. The standard InChI is InChI=1S/C26H22FN9O/c1-36(2)5-6-37-18-8-15(7-17(27)9-18)19-3-4-30-25-23(19)32-26(33-25)24-20-10-21(16-11-28-14-29-12-16)31-13-22(20)34-35-24/h3-4,7-14H,5-6H2,1-2H3,(H,34,35)(H,30,32,33). The molecule has 0 aliphatic rings. The Hall–Kier alpha value is -4.77. The van der Waals surface area contributed by atoms with Crippen molar-refractivity contribution in [3.63, 3.8) is 0 Å². The largest absolute Gasteiger partial charge is 0.492 e. The number of nitrogens with zero attached hydrogens (tertiary/aromatic N) is 7. The second-order valence-electron chi connectivity index (χ2n) is 8.78. The van der Waals surface area contributed by atoms with Gasteiger partial charge in [-0.3, -0.25) is 10.1 Å². The van der Waals surface area contributed by atoms with Crippen molar-refractivity contribution in [3.05, 3.63) is 67.3 Å². The number of hydrogen-bond donors (Lipinski definition) is 2. The highest BCUT2D eigenvalue weighted by molar-refractivity contribution is 5.96. The molecule has 10 nitrogen and oxygen atoms in total. The Morgan fingerprint density at radius 2 is 1.86 bits per heavy atom. The zero-order valence-corrected chi connectivity index (χ0v) is 20.1. The van der Waals surface area contributed by atoms with Crippen LogP contribution in [0, 0.1) is 5.82 Å². The molecule has 11 heteroatoms. The van der Waals surface area contributed by atoms with Crippen LogP contribution in [0.25, 0.3) is 56.0 Å². The smallest absolute Gasteiger partial charge is 0.160 e. The molecule has 5 heterocycles. The van der Waals surface area contributed by atoms with Gasteiger partial charge in [0.2, 0.25) is 0 Å². The van der Waals surface area contributed by atoms with Gasteiger partial charge in [-0.05, 0) is 43.9 Å². The van der Waals surface area contributed by atoms with E-state index in [1.54, 1.807) is 24.8 Å². The Morgan fingerprint density at radius 1 is 1.00 bits per heavy atom. The lowest BCUT2D eigenvalue weighted by Crippen LogP contribution is -2.19. The summed E-state index contributed by atoms with van der Waals surface area (Å²) < 4.78 is 20.3. The first-order chi connectivity index (χ1) is 18.0. The molecule has 0 fully saturated rings. The van der Waals surface area contributed by atoms with Crippen molar-refractivity contribution in [2.45, 2.75) is 0 Å². The number of aromatic nitrogens is 8. The van der Waals surface area contributed by atoms with Gasteiger partial charge in [0.1, 0.15) is 35.7 Å². The molecule has 0 aliphatic carbocycles. The van der Waals surface area contributed by atoms with Crippen LogP contribution in [0.1, 0.15) is 0 Å². The average Bonchev–Trinajstić information content (AvgIpc) is 3.52. The summed E-state index contributed by atoms with van der Waals surface area (Å²) in [5.74, 6) is 0.601. The molecule has 0 aliphatic heterocycles. The number of pyridine rings is 2. The number of halogens is 1. The highest BCUT2D eigenvalue weighted by Crippen LogP contribution is 2.33. The van der Waals surface area contributed by atoms with Crippen LogP contribution < -0.4 is 4.74 Å². The molecular formula is C26H22FN9O. The second kappa shape index (κ2) is 9.36. The highest BCUT2D eigenvalue weighted by Gasteiger charge is 2.17. The van der Waals surface area contributed by atoms with E-state index >= 15 is 0 Å². The van der Waals surface area contributed by atoms with Crippen LogP contribution >= 0.6 is 0 Å². The maximum Gasteiger partial charge on any atom is 0.160 e. The van der Waals surface area contributed by atoms with Gasteiger partial charge in [0.05, 0.1) is 17.4 Å². The van der Waals surface area contributed by atoms with Gasteiger partial charge in [-0.15, -0.1) is 0 Å². The number of ether oxygens (including phenoxy) is 1. The first-order valence-corrected chi connectivity index (χ1v) is 11.6. The number of aromatic amines is 2. The van der Waals surface area contributed by atoms with Crippen molar-refractivity contribution in [1.29, 1.82) is 0 Å². The molecule has 0 atom stereocenters. The van der Waals surface area contributed by atoms with Crippen molar-refractivity contribution in [3.8, 4) is 39.7 Å². The van der Waals surface area contributed by atoms with E-state index in [1.165, 1.54) is 18.5 Å². The van der Waals surface area contributed by atoms with Gasteiger partial charge in [-0.25, -0.2) is 24.3 Å². The Kier molecular flexibility index (Phi) is 5.73. The van der Waals surface area contributed by atoms with E-state index in [9.17, 15) is 4.39 Å². The number of imidazole rings is 1. The summed E-state index contributed by atoms with van der Waals surface area (Å²) in [6.07, 6.45) is 8.26. The summed E-state index contributed by atoms with van der Waals surface area (Å²) >= 11 is 0. The molecule has 0 saturated carbocycles. The van der Waals surface area contributed by atoms with Crippen LogP contribution in [0.4, 0.5) is 4.39 Å². The number of rotatable bonds is 7. The lowest BCUT2D eigenvalue weighted by atomic mass is 10.1. The lowest BCUT2D eigenvalue weighted by molar-refractivity contribution is 0.260. The van der Waals surface area contributed by atoms with Crippen molar-refractivity contribution in [2.75, 3.05) is 27.2 Å². The number of likely N-dealkylation sites (N-methyl/N-ethyl adjacent to an activating group) is 1. The van der Waals surface area contributed by atoms with Crippen LogP contribution in [-0.2, 0) is 0 Å². The van der Waals surface area contributed by atoms with Crippen molar-refractivity contribution < 1.29 is 9.13 Å². The molecule has 1 aromatic carbocycles. The number of fused-ring (bicyclic) bond motifs is 2. The highest BCUT2D eigenvalue weighted by atomic mass is 19.1. The maximum absolute atomic E-state index is 14.5. The van der Waals surface area contributed by atoms with E-state index in [1.807, 2.05) is 37.2 Å². The predicted molar refractivity (Wildman–Crippen MR) is 137 cm³/mol. The van der Waals surface area contributed by atoms with Gasteiger partial charge < -0.3 is 14.6 Å². The Labute approximate surface area is 210 Å². The van der Waals surface area contributed by atoms with Crippen LogP contribution in [-0.4, -0.2) is 72.2 Å². The molecule has 184 valence electrons. The SMILES string of the molecule is CN(C)CCOc1cc(F)cc(-c2ccnc3[nH]c(-c4n[nH]c5cnc(-c6cncnc6)cc45)nc23)c1. The number of hydrogen-bond acceptors (Lipinski definition) is 8. The minimum atomic E-state index is -0.388. The predicted octanol–water partition coefficient (Wildman–Crippen LogP) is 4.10. The summed E-state index contributed by atoms with van der Waals surface area (Å²) in [4.78, 5) is 27.1. The quantitative estimate of drug-likeness (QED) is 0.340. The zero-order chi connectivity index (χ0) is 25.4. The van der Waals surface area contributed by atoms with Gasteiger partial charge in [-0.1, -0.05) is 0 Å². The Morgan fingerprint density at radius 3 is 2.70 bits per heavy atom. The average molecular weight is 496 g/mol. The monoisotopic (exact) mass is 495 g/mol. The molecule has 0 amide bonds. The molecular weight excluding hydrogens is 473 g/mol. The fraction of sp³-hybridized carbons (Fsp3) is 0.154. The van der Waals surface area contributed by atoms with Crippen LogP contribution in [0.3, 0.4) is 0 Å². The number of nitrogens with one attached hydrogen (secondary N) is 2. The van der Waals surface area contributed by atoms with E-state index in [2.05, 4.69) is 35.1 Å². The zero-order valence-electron chi connectivity index (χ0n) is 20.1. The third-order valence-corrected chi connectivity index (χ3v) is 5.90. The molecule has 0 spiro atoms. The Bertz CT molecular complexity index is 1710. The third-order valence-electron chi connectivity index (χ3n) is 5.90. The molecule has 5 aromatic heterocycles. The third kappa shape index (κ3) is 4.47. The molecule has 6 aromatic rings. The molecule has 6 rings (SSSR count). The Balaban J connectivity index is 1.41. The van der Waals surface area contributed by atoms with Gasteiger partial charge in [0.25, 0.3) is 0 Å². The summed E-state index contributed by atoms with van der Waals surface area (Å²) in [7, 11) is 3.92. The normalized spacial score (nSPS) is 11.6. The fourth-order valence-electron chi connectivity index (χ4n) is 4.09. The number of H-pyrrole nitrogens is 2. The van der Waals surface area contributed by atoms with E-state index in [0.29, 0.717) is 46.3 Å². The van der Waals surface area contributed by atoms with Crippen LogP contribution in [0.2, 0.25) is 0 Å². The van der Waals surface area contributed by atoms with E-state index in [4.69, 9.17) is 9.72 Å². The van der Waals surface area contributed by atoms with Gasteiger partial charge in [-0.2, -0.15) is 5.10 Å². The van der Waals surface area contributed by atoms with Crippen LogP contribution in [0.15, 0.2) is 61.4 Å². The molecule has 0 radical (unpaired) electrons. The first-order valence-electron chi connectivity index (χ1n) is 11.6. The van der Waals surface area contributed by atoms with Crippen molar-refractivity contribution in [1.82, 2.24) is 45.0 Å². The minimum absolute atomic E-state index is 0.388. The topological polar surface area (TPSA) is 121 Å². The summed E-state index contributed by atoms with van der Waals surface area (Å²) in [5, 5.41) is 8.31.